The molecule has 1 amide bonds. The van der Waals surface area contributed by atoms with Crippen molar-refractivity contribution in [1.82, 2.24) is 5.32 Å². The van der Waals surface area contributed by atoms with E-state index < -0.39 is 0 Å². The van der Waals surface area contributed by atoms with Crippen molar-refractivity contribution in [3.8, 4) is 0 Å². The lowest BCUT2D eigenvalue weighted by Gasteiger charge is -2.19. The van der Waals surface area contributed by atoms with Crippen molar-refractivity contribution in [1.29, 1.82) is 0 Å². The summed E-state index contributed by atoms with van der Waals surface area (Å²) in [4.78, 5) is 15.4. The third kappa shape index (κ3) is 2.90. The van der Waals surface area contributed by atoms with E-state index in [1.54, 1.807) is 11.8 Å². The van der Waals surface area contributed by atoms with E-state index in [-0.39, 0.29) is 17.9 Å². The molecule has 1 heterocycles. The molecule has 5 heteroatoms. The lowest BCUT2D eigenvalue weighted by Crippen LogP contribution is -2.46. The molecule has 0 spiro atoms. The molecule has 4 nitrogen and oxygen atoms in total. The summed E-state index contributed by atoms with van der Waals surface area (Å²) in [7, 11) is 0. The highest BCUT2D eigenvalue weighted by atomic mass is 32.2. The zero-order valence-electron chi connectivity index (χ0n) is 8.78. The maximum absolute atomic E-state index is 11.1. The van der Waals surface area contributed by atoms with Gasteiger partial charge < -0.3 is 11.1 Å². The number of rotatable bonds is 3. The number of nitrogens with one attached hydrogen (secondary N) is 1. The number of nitrogens with zero attached hydrogens (tertiary/aromatic N) is 1. The number of amides is 1. The summed E-state index contributed by atoms with van der Waals surface area (Å²) in [5.41, 5.74) is 5.28. The number of hydrogen-bond acceptors (Lipinski definition) is 4. The highest BCUT2D eigenvalue weighted by Gasteiger charge is 2.23. The lowest BCUT2D eigenvalue weighted by atomic mass is 10.0. The molecule has 0 fully saturated rings. The highest BCUT2D eigenvalue weighted by Crippen LogP contribution is 2.19. The number of aliphatic imine (C=N–C) groups is 1. The van der Waals surface area contributed by atoms with Crippen LogP contribution in [0.25, 0.3) is 0 Å². The topological polar surface area (TPSA) is 67.5 Å². The minimum absolute atomic E-state index is 0.187. The molecule has 1 rings (SSSR count). The van der Waals surface area contributed by atoms with Gasteiger partial charge in [0.2, 0.25) is 5.91 Å². The van der Waals surface area contributed by atoms with Crippen LogP contribution in [0.1, 0.15) is 20.8 Å². The quantitative estimate of drug-likeness (QED) is 0.723. The van der Waals surface area contributed by atoms with Gasteiger partial charge >= 0.3 is 0 Å². The van der Waals surface area contributed by atoms with Gasteiger partial charge in [0.1, 0.15) is 6.04 Å². The monoisotopic (exact) mass is 215 g/mol. The predicted molar refractivity (Wildman–Crippen MR) is 60.3 cm³/mol. The Balaban J connectivity index is 2.52. The minimum atomic E-state index is -0.317. The van der Waals surface area contributed by atoms with Crippen LogP contribution in [0.2, 0.25) is 0 Å². The smallest absolute Gasteiger partial charge is 0.240 e. The summed E-state index contributed by atoms with van der Waals surface area (Å²) in [5.74, 6) is -0.130. The van der Waals surface area contributed by atoms with Gasteiger partial charge in [-0.2, -0.15) is 0 Å². The van der Waals surface area contributed by atoms with Gasteiger partial charge in [-0.3, -0.25) is 9.79 Å². The fourth-order valence-corrected chi connectivity index (χ4v) is 2.13. The molecule has 14 heavy (non-hydrogen) atoms. The van der Waals surface area contributed by atoms with Crippen LogP contribution < -0.4 is 11.1 Å². The van der Waals surface area contributed by atoms with E-state index in [1.807, 2.05) is 13.8 Å². The normalized spacial score (nSPS) is 23.4. The van der Waals surface area contributed by atoms with Crippen molar-refractivity contribution >= 4 is 22.8 Å². The molecule has 2 unspecified atom stereocenters. The van der Waals surface area contributed by atoms with E-state index in [1.165, 1.54) is 0 Å². The number of hydrogen-bond donors (Lipinski definition) is 2. The molecule has 0 aromatic carbocycles. The van der Waals surface area contributed by atoms with Gasteiger partial charge in [0.25, 0.3) is 0 Å². The molecular weight excluding hydrogens is 198 g/mol. The number of thioether (sulfide) groups is 1. The molecule has 1 aliphatic heterocycles. The number of carbonyl (C=O) groups excluding carboxylic acids is 1. The zero-order valence-corrected chi connectivity index (χ0v) is 9.60. The first-order valence-electron chi connectivity index (χ1n) is 4.77. The summed E-state index contributed by atoms with van der Waals surface area (Å²) >= 11 is 1.66. The lowest BCUT2D eigenvalue weighted by molar-refractivity contribution is -0.120. The molecule has 3 N–H and O–H groups in total. The Morgan fingerprint density at radius 1 is 1.71 bits per heavy atom. The first kappa shape index (κ1) is 11.4. The van der Waals surface area contributed by atoms with Crippen LogP contribution in [-0.2, 0) is 4.79 Å². The van der Waals surface area contributed by atoms with Gasteiger partial charge in [-0.1, -0.05) is 32.5 Å². The van der Waals surface area contributed by atoms with Gasteiger partial charge in [-0.05, 0) is 5.92 Å². The number of amidine groups is 1. The van der Waals surface area contributed by atoms with Crippen LogP contribution in [-0.4, -0.2) is 28.9 Å². The van der Waals surface area contributed by atoms with E-state index in [0.717, 1.165) is 11.7 Å². The first-order chi connectivity index (χ1) is 6.50. The molecule has 2 atom stereocenters. The van der Waals surface area contributed by atoms with E-state index in [4.69, 9.17) is 5.73 Å². The average molecular weight is 215 g/mol. The maximum atomic E-state index is 11.1. The molecule has 0 bridgehead atoms. The molecule has 0 saturated heterocycles. The number of carbonyl (C=O) groups is 1. The highest BCUT2D eigenvalue weighted by molar-refractivity contribution is 8.14. The van der Waals surface area contributed by atoms with E-state index in [2.05, 4.69) is 17.2 Å². The summed E-state index contributed by atoms with van der Waals surface area (Å²) in [6, 6.07) is -0.313. The molecule has 0 aromatic heterocycles. The zero-order chi connectivity index (χ0) is 10.7. The second-order valence-electron chi connectivity index (χ2n) is 3.84. The molecule has 0 radical (unpaired) electrons. The molecule has 0 saturated carbocycles. The fraction of sp³-hybridized carbons (Fsp3) is 0.778. The van der Waals surface area contributed by atoms with Crippen molar-refractivity contribution in [3.05, 3.63) is 0 Å². The van der Waals surface area contributed by atoms with E-state index >= 15 is 0 Å². The molecule has 1 aliphatic rings. The van der Waals surface area contributed by atoms with Gasteiger partial charge in [0, 0.05) is 5.25 Å². The fourth-order valence-electron chi connectivity index (χ4n) is 1.26. The van der Waals surface area contributed by atoms with Gasteiger partial charge in [0.15, 0.2) is 5.17 Å². The third-order valence-corrected chi connectivity index (χ3v) is 3.08. The van der Waals surface area contributed by atoms with Crippen molar-refractivity contribution < 1.29 is 4.79 Å². The van der Waals surface area contributed by atoms with Crippen LogP contribution in [0.15, 0.2) is 4.99 Å². The standard InChI is InChI=1S/C9H17N3OS/c1-5(2)7(8(10)13)12-9-11-4-6(3)14-9/h5-7H,4H2,1-3H3,(H2,10,13)(H,11,12). The molecule has 0 aromatic rings. The van der Waals surface area contributed by atoms with Crippen LogP contribution >= 0.6 is 11.8 Å². The molecular formula is C9H17N3OS. The SMILES string of the molecule is CC1CN=C(NC(C(N)=O)C(C)C)S1. The largest absolute Gasteiger partial charge is 0.368 e. The number of primary amides is 1. The van der Waals surface area contributed by atoms with Gasteiger partial charge in [-0.25, -0.2) is 0 Å². The van der Waals surface area contributed by atoms with Crippen molar-refractivity contribution in [2.24, 2.45) is 16.6 Å². The second kappa shape index (κ2) is 4.68. The Morgan fingerprint density at radius 2 is 2.36 bits per heavy atom. The second-order valence-corrected chi connectivity index (χ2v) is 5.27. The number of nitrogens with two attached hydrogens (primary N) is 1. The van der Waals surface area contributed by atoms with Crippen LogP contribution in [0.5, 0.6) is 0 Å². The Kier molecular flexibility index (Phi) is 3.80. The first-order valence-corrected chi connectivity index (χ1v) is 5.65. The van der Waals surface area contributed by atoms with E-state index in [0.29, 0.717) is 5.25 Å². The Hall–Kier alpha value is -0.710. The summed E-state index contributed by atoms with van der Waals surface area (Å²) in [5, 5.41) is 4.42. The van der Waals surface area contributed by atoms with Gasteiger partial charge in [0.05, 0.1) is 6.54 Å². The van der Waals surface area contributed by atoms with Crippen molar-refractivity contribution in [2.45, 2.75) is 32.1 Å². The molecule has 0 aliphatic carbocycles. The maximum Gasteiger partial charge on any atom is 0.240 e. The average Bonchev–Trinajstić information content (AvgIpc) is 2.46. The van der Waals surface area contributed by atoms with Crippen LogP contribution in [0.3, 0.4) is 0 Å². The summed E-state index contributed by atoms with van der Waals surface area (Å²) < 4.78 is 0. The predicted octanol–water partition coefficient (Wildman–Crippen LogP) is 0.577. The minimum Gasteiger partial charge on any atom is -0.368 e. The van der Waals surface area contributed by atoms with Gasteiger partial charge in [-0.15, -0.1) is 0 Å². The van der Waals surface area contributed by atoms with Crippen molar-refractivity contribution in [3.63, 3.8) is 0 Å². The Morgan fingerprint density at radius 3 is 2.71 bits per heavy atom. The Bertz CT molecular complexity index is 252. The third-order valence-electron chi connectivity index (χ3n) is 2.06. The van der Waals surface area contributed by atoms with Crippen LogP contribution in [0.4, 0.5) is 0 Å². The summed E-state index contributed by atoms with van der Waals surface area (Å²) in [6.45, 7) is 6.85. The summed E-state index contributed by atoms with van der Waals surface area (Å²) in [6.07, 6.45) is 0. The van der Waals surface area contributed by atoms with E-state index in [9.17, 15) is 4.79 Å². The molecule has 80 valence electrons. The van der Waals surface area contributed by atoms with Crippen molar-refractivity contribution in [2.75, 3.05) is 6.54 Å². The van der Waals surface area contributed by atoms with Crippen LogP contribution in [0, 0.1) is 5.92 Å². The Labute approximate surface area is 88.7 Å².